The fourth-order valence-electron chi connectivity index (χ4n) is 0.854. The molecule has 0 atom stereocenters. The van der Waals surface area contributed by atoms with Crippen LogP contribution in [0, 0.1) is 0 Å². The van der Waals surface area contributed by atoms with Gasteiger partial charge in [0.1, 0.15) is 0 Å². The lowest BCUT2D eigenvalue weighted by atomic mass is 10.2. The highest BCUT2D eigenvalue weighted by Gasteiger charge is 1.94. The van der Waals surface area contributed by atoms with Gasteiger partial charge in [0, 0.05) is 19.3 Å². The van der Waals surface area contributed by atoms with Crippen LogP contribution in [0.5, 0.6) is 0 Å². The maximum absolute atomic E-state index is 3.81. The van der Waals surface area contributed by atoms with Crippen molar-refractivity contribution in [3.8, 4) is 0 Å². The van der Waals surface area contributed by atoms with Gasteiger partial charge in [-0.3, -0.25) is 0 Å². The standard InChI is InChI=1S/C11H19N/c1-6-11(12(5)7-2)9-8-10(3)4/h6,8-9H,3,7H2,1-2,4-5H3/b9-8-,11-6+. The Morgan fingerprint density at radius 3 is 2.33 bits per heavy atom. The molecule has 0 aromatic heterocycles. The molecule has 0 heterocycles. The van der Waals surface area contributed by atoms with Crippen LogP contribution in [0.2, 0.25) is 0 Å². The molecule has 0 aliphatic carbocycles. The highest BCUT2D eigenvalue weighted by atomic mass is 15.1. The fourth-order valence-corrected chi connectivity index (χ4v) is 0.854. The van der Waals surface area contributed by atoms with E-state index in [1.54, 1.807) is 0 Å². The van der Waals surface area contributed by atoms with Gasteiger partial charge in [-0.05, 0) is 26.8 Å². The van der Waals surface area contributed by atoms with Crippen LogP contribution in [0.15, 0.2) is 36.1 Å². The first kappa shape index (κ1) is 11.0. The average molecular weight is 165 g/mol. The van der Waals surface area contributed by atoms with Crippen molar-refractivity contribution in [1.82, 2.24) is 4.90 Å². The van der Waals surface area contributed by atoms with Gasteiger partial charge in [0.05, 0.1) is 0 Å². The molecule has 0 aliphatic rings. The number of likely N-dealkylation sites (N-methyl/N-ethyl adjacent to an activating group) is 1. The normalized spacial score (nSPS) is 12.2. The van der Waals surface area contributed by atoms with Crippen LogP contribution in [0.3, 0.4) is 0 Å². The first-order chi connectivity index (χ1) is 5.61. The number of allylic oxidation sites excluding steroid dienone is 4. The summed E-state index contributed by atoms with van der Waals surface area (Å²) < 4.78 is 0. The molecule has 0 saturated carbocycles. The summed E-state index contributed by atoms with van der Waals surface area (Å²) in [5.74, 6) is 0. The average Bonchev–Trinajstić information content (AvgIpc) is 2.04. The molecule has 1 heteroatoms. The Hall–Kier alpha value is -0.980. The third kappa shape index (κ3) is 4.02. The Morgan fingerprint density at radius 1 is 1.42 bits per heavy atom. The van der Waals surface area contributed by atoms with Crippen LogP contribution in [0.4, 0.5) is 0 Å². The summed E-state index contributed by atoms with van der Waals surface area (Å²) in [5, 5.41) is 0. The van der Waals surface area contributed by atoms with Gasteiger partial charge in [0.15, 0.2) is 0 Å². The van der Waals surface area contributed by atoms with Crippen molar-refractivity contribution in [1.29, 1.82) is 0 Å². The van der Waals surface area contributed by atoms with Gasteiger partial charge in [0.25, 0.3) is 0 Å². The van der Waals surface area contributed by atoms with Crippen molar-refractivity contribution >= 4 is 0 Å². The van der Waals surface area contributed by atoms with E-state index >= 15 is 0 Å². The maximum Gasteiger partial charge on any atom is 0.0320 e. The predicted octanol–water partition coefficient (Wildman–Crippen LogP) is 2.97. The lowest BCUT2D eigenvalue weighted by Crippen LogP contribution is -2.15. The van der Waals surface area contributed by atoms with Crippen LogP contribution in [-0.4, -0.2) is 18.5 Å². The van der Waals surface area contributed by atoms with Gasteiger partial charge < -0.3 is 4.90 Å². The van der Waals surface area contributed by atoms with Crippen molar-refractivity contribution in [2.45, 2.75) is 20.8 Å². The summed E-state index contributed by atoms with van der Waals surface area (Å²) >= 11 is 0. The SMILES string of the molecule is C=C(C)/C=C\C(=C/C)N(C)CC. The maximum atomic E-state index is 3.81. The summed E-state index contributed by atoms with van der Waals surface area (Å²) in [6, 6.07) is 0. The zero-order chi connectivity index (χ0) is 9.56. The van der Waals surface area contributed by atoms with E-state index in [1.165, 1.54) is 5.70 Å². The highest BCUT2D eigenvalue weighted by Crippen LogP contribution is 2.04. The molecule has 0 bridgehead atoms. The molecule has 0 unspecified atom stereocenters. The van der Waals surface area contributed by atoms with Crippen molar-refractivity contribution in [2.24, 2.45) is 0 Å². The highest BCUT2D eigenvalue weighted by molar-refractivity contribution is 5.23. The molecule has 0 aromatic carbocycles. The second kappa shape index (κ2) is 5.64. The van der Waals surface area contributed by atoms with E-state index in [0.717, 1.165) is 12.1 Å². The van der Waals surface area contributed by atoms with Crippen LogP contribution < -0.4 is 0 Å². The van der Waals surface area contributed by atoms with Crippen LogP contribution >= 0.6 is 0 Å². The molecule has 0 saturated heterocycles. The minimum Gasteiger partial charge on any atom is -0.375 e. The zero-order valence-electron chi connectivity index (χ0n) is 8.59. The molecule has 0 fully saturated rings. The molecule has 68 valence electrons. The van der Waals surface area contributed by atoms with E-state index in [-0.39, 0.29) is 0 Å². The Labute approximate surface area is 76.1 Å². The second-order valence-corrected chi connectivity index (χ2v) is 2.91. The van der Waals surface area contributed by atoms with Gasteiger partial charge in [0.2, 0.25) is 0 Å². The molecule has 0 spiro atoms. The molecule has 0 N–H and O–H groups in total. The van der Waals surface area contributed by atoms with Gasteiger partial charge in [-0.25, -0.2) is 0 Å². The van der Waals surface area contributed by atoms with Gasteiger partial charge in [-0.2, -0.15) is 0 Å². The van der Waals surface area contributed by atoms with E-state index < -0.39 is 0 Å². The molecule has 0 rings (SSSR count). The summed E-state index contributed by atoms with van der Waals surface area (Å²) in [5.41, 5.74) is 2.32. The van der Waals surface area contributed by atoms with Gasteiger partial charge >= 0.3 is 0 Å². The van der Waals surface area contributed by atoms with Crippen LogP contribution in [0.25, 0.3) is 0 Å². The molecule has 0 radical (unpaired) electrons. The minimum atomic E-state index is 1.03. The van der Waals surface area contributed by atoms with Crippen molar-refractivity contribution < 1.29 is 0 Å². The van der Waals surface area contributed by atoms with E-state index in [2.05, 4.69) is 37.6 Å². The summed E-state index contributed by atoms with van der Waals surface area (Å²) in [7, 11) is 2.08. The Kier molecular flexibility index (Phi) is 5.18. The van der Waals surface area contributed by atoms with Gasteiger partial charge in [-0.15, -0.1) is 0 Å². The Balaban J connectivity index is 4.29. The number of rotatable bonds is 4. The molecular weight excluding hydrogens is 146 g/mol. The largest absolute Gasteiger partial charge is 0.375 e. The summed E-state index contributed by atoms with van der Waals surface area (Å²) in [6.07, 6.45) is 6.22. The number of hydrogen-bond acceptors (Lipinski definition) is 1. The molecule has 0 aromatic rings. The Bertz CT molecular complexity index is 199. The number of nitrogens with zero attached hydrogens (tertiary/aromatic N) is 1. The molecule has 12 heavy (non-hydrogen) atoms. The third-order valence-electron chi connectivity index (χ3n) is 1.75. The summed E-state index contributed by atoms with van der Waals surface area (Å²) in [6.45, 7) is 11.0. The molecule has 0 aliphatic heterocycles. The monoisotopic (exact) mass is 165 g/mol. The minimum absolute atomic E-state index is 1.03. The van der Waals surface area contributed by atoms with E-state index in [0.29, 0.717) is 0 Å². The van der Waals surface area contributed by atoms with Crippen LogP contribution in [0.1, 0.15) is 20.8 Å². The summed E-state index contributed by atoms with van der Waals surface area (Å²) in [4.78, 5) is 2.19. The topological polar surface area (TPSA) is 3.24 Å². The van der Waals surface area contributed by atoms with Gasteiger partial charge in [-0.1, -0.05) is 24.3 Å². The smallest absolute Gasteiger partial charge is 0.0320 e. The zero-order valence-corrected chi connectivity index (χ0v) is 8.59. The van der Waals surface area contributed by atoms with E-state index in [1.807, 2.05) is 19.9 Å². The molecule has 1 nitrogen and oxygen atoms in total. The van der Waals surface area contributed by atoms with Crippen molar-refractivity contribution in [3.63, 3.8) is 0 Å². The van der Waals surface area contributed by atoms with Crippen molar-refractivity contribution in [3.05, 3.63) is 36.1 Å². The molecule has 0 amide bonds. The molecular formula is C11H19N. The van der Waals surface area contributed by atoms with E-state index in [9.17, 15) is 0 Å². The van der Waals surface area contributed by atoms with E-state index in [4.69, 9.17) is 0 Å². The lowest BCUT2D eigenvalue weighted by molar-refractivity contribution is 0.455. The third-order valence-corrected chi connectivity index (χ3v) is 1.75. The fraction of sp³-hybridized carbons (Fsp3) is 0.455. The first-order valence-electron chi connectivity index (χ1n) is 4.32. The number of hydrogen-bond donors (Lipinski definition) is 0. The lowest BCUT2D eigenvalue weighted by Gasteiger charge is -2.17. The second-order valence-electron chi connectivity index (χ2n) is 2.91. The first-order valence-corrected chi connectivity index (χ1v) is 4.32. The quantitative estimate of drug-likeness (QED) is 0.579. The van der Waals surface area contributed by atoms with Crippen LogP contribution in [-0.2, 0) is 0 Å². The predicted molar refractivity (Wildman–Crippen MR) is 56.0 cm³/mol. The Morgan fingerprint density at radius 2 is 2.00 bits per heavy atom. The van der Waals surface area contributed by atoms with Crippen molar-refractivity contribution in [2.75, 3.05) is 13.6 Å².